The van der Waals surface area contributed by atoms with Crippen LogP contribution in [-0.4, -0.2) is 101 Å². The fourth-order valence-electron chi connectivity index (χ4n) is 4.45. The molecule has 204 valence electrons. The molecule has 1 saturated heterocycles. The summed E-state index contributed by atoms with van der Waals surface area (Å²) in [4.78, 5) is 60.8. The lowest BCUT2D eigenvalue weighted by Crippen LogP contribution is -2.50. The molecular weight excluding hydrogens is 499 g/mol. The Morgan fingerprint density at radius 3 is 2.53 bits per heavy atom. The zero-order valence-corrected chi connectivity index (χ0v) is 21.4. The van der Waals surface area contributed by atoms with Crippen LogP contribution in [0.4, 0.5) is 4.39 Å². The number of aromatic nitrogens is 2. The number of likely N-dealkylation sites (N-methyl/N-ethyl adjacent to an activating group) is 2. The minimum absolute atomic E-state index is 0.123. The second kappa shape index (κ2) is 11.7. The van der Waals surface area contributed by atoms with Gasteiger partial charge in [0, 0.05) is 46.3 Å². The third-order valence-corrected chi connectivity index (χ3v) is 6.74. The topological polar surface area (TPSA) is 137 Å². The minimum atomic E-state index is -0.783. The molecule has 38 heavy (non-hydrogen) atoms. The Hall–Kier alpha value is -3.84. The highest BCUT2D eigenvalue weighted by molar-refractivity contribution is 6.34. The SMILES string of the molecule is CN1CCn2c(nc(CC(=O)NCc3ccc(F)cc3)c(O)c2=O)C(N(C)C(=O)C(=O)N2CCOCC2)C1. The number of nitrogens with one attached hydrogen (secondary N) is 1. The van der Waals surface area contributed by atoms with Gasteiger partial charge in [-0.25, -0.2) is 9.37 Å². The third kappa shape index (κ3) is 6.00. The highest BCUT2D eigenvalue weighted by Crippen LogP contribution is 2.24. The van der Waals surface area contributed by atoms with Crippen LogP contribution in [0.5, 0.6) is 5.75 Å². The number of carbonyl (C=O) groups excluding carboxylic acids is 3. The number of aromatic hydroxyl groups is 1. The van der Waals surface area contributed by atoms with E-state index in [-0.39, 0.29) is 37.6 Å². The average molecular weight is 531 g/mol. The largest absolute Gasteiger partial charge is 0.502 e. The molecule has 2 aliphatic rings. The van der Waals surface area contributed by atoms with Gasteiger partial charge in [-0.3, -0.25) is 23.7 Å². The van der Waals surface area contributed by atoms with E-state index in [1.807, 2.05) is 11.9 Å². The molecule has 1 unspecified atom stereocenters. The van der Waals surface area contributed by atoms with Gasteiger partial charge in [-0.2, -0.15) is 0 Å². The molecule has 1 aromatic heterocycles. The van der Waals surface area contributed by atoms with Crippen LogP contribution in [0.1, 0.15) is 23.1 Å². The van der Waals surface area contributed by atoms with Crippen molar-refractivity contribution >= 4 is 17.7 Å². The Morgan fingerprint density at radius 2 is 1.84 bits per heavy atom. The maximum atomic E-state index is 13.1. The molecule has 2 N–H and O–H groups in total. The van der Waals surface area contributed by atoms with Gasteiger partial charge in [-0.15, -0.1) is 0 Å². The van der Waals surface area contributed by atoms with Gasteiger partial charge in [0.25, 0.3) is 5.56 Å². The number of amides is 3. The lowest BCUT2D eigenvalue weighted by molar-refractivity contribution is -0.154. The quantitative estimate of drug-likeness (QED) is 0.482. The number of hydrogen-bond acceptors (Lipinski definition) is 8. The molecule has 0 aliphatic carbocycles. The number of benzene rings is 1. The van der Waals surface area contributed by atoms with Gasteiger partial charge < -0.3 is 29.9 Å². The van der Waals surface area contributed by atoms with E-state index >= 15 is 0 Å². The first-order chi connectivity index (χ1) is 18.2. The predicted molar refractivity (Wildman–Crippen MR) is 133 cm³/mol. The number of fused-ring (bicyclic) bond motifs is 1. The summed E-state index contributed by atoms with van der Waals surface area (Å²) in [6.45, 7) is 2.37. The molecular formula is C25H31FN6O6. The van der Waals surface area contributed by atoms with Crippen LogP contribution >= 0.6 is 0 Å². The lowest BCUT2D eigenvalue weighted by Gasteiger charge is -2.32. The van der Waals surface area contributed by atoms with E-state index in [4.69, 9.17) is 4.74 Å². The average Bonchev–Trinajstić information content (AvgIpc) is 3.09. The Balaban J connectivity index is 1.57. The second-order valence-corrected chi connectivity index (χ2v) is 9.40. The summed E-state index contributed by atoms with van der Waals surface area (Å²) < 4.78 is 19.7. The minimum Gasteiger partial charge on any atom is -0.502 e. The first kappa shape index (κ1) is 27.2. The fourth-order valence-corrected chi connectivity index (χ4v) is 4.45. The van der Waals surface area contributed by atoms with Crippen molar-refractivity contribution in [2.45, 2.75) is 25.6 Å². The molecule has 1 atom stereocenters. The molecule has 13 heteroatoms. The van der Waals surface area contributed by atoms with Crippen molar-refractivity contribution in [3.63, 3.8) is 0 Å². The zero-order valence-electron chi connectivity index (χ0n) is 21.4. The standard InChI is InChI=1S/C25H31FN6O6/c1-29-7-8-32-22(19(15-29)30(2)24(36)25(37)31-9-11-38-12-10-31)28-18(21(34)23(32)35)13-20(33)27-14-16-3-5-17(26)6-4-16/h3-6,19,34H,7-15H2,1-2H3,(H,27,33). The van der Waals surface area contributed by atoms with Crippen molar-refractivity contribution in [2.24, 2.45) is 0 Å². The van der Waals surface area contributed by atoms with Crippen LogP contribution in [0.2, 0.25) is 0 Å². The molecule has 3 heterocycles. The number of hydrogen-bond donors (Lipinski definition) is 2. The molecule has 4 rings (SSSR count). The van der Waals surface area contributed by atoms with Gasteiger partial charge in [0.2, 0.25) is 11.7 Å². The maximum absolute atomic E-state index is 13.1. The van der Waals surface area contributed by atoms with Crippen LogP contribution in [0, 0.1) is 5.82 Å². The van der Waals surface area contributed by atoms with Crippen molar-refractivity contribution in [1.29, 1.82) is 0 Å². The molecule has 2 aliphatic heterocycles. The lowest BCUT2D eigenvalue weighted by atomic mass is 10.1. The molecule has 0 saturated carbocycles. The van der Waals surface area contributed by atoms with Crippen molar-refractivity contribution < 1.29 is 28.6 Å². The van der Waals surface area contributed by atoms with E-state index in [1.165, 1.54) is 45.7 Å². The molecule has 0 radical (unpaired) electrons. The van der Waals surface area contributed by atoms with E-state index in [1.54, 1.807) is 0 Å². The summed E-state index contributed by atoms with van der Waals surface area (Å²) in [5.41, 5.74) is -0.183. The molecule has 12 nitrogen and oxygen atoms in total. The second-order valence-electron chi connectivity index (χ2n) is 9.40. The molecule has 1 fully saturated rings. The fraction of sp³-hybridized carbons (Fsp3) is 0.480. The van der Waals surface area contributed by atoms with Crippen molar-refractivity contribution in [3.8, 4) is 5.75 Å². The van der Waals surface area contributed by atoms with Gasteiger partial charge in [0.1, 0.15) is 17.7 Å². The summed E-state index contributed by atoms with van der Waals surface area (Å²) in [5.74, 6) is -2.78. The van der Waals surface area contributed by atoms with Crippen molar-refractivity contribution in [2.75, 3.05) is 53.5 Å². The van der Waals surface area contributed by atoms with E-state index in [9.17, 15) is 28.7 Å². The highest BCUT2D eigenvalue weighted by Gasteiger charge is 2.35. The Bertz CT molecular complexity index is 1260. The molecule has 0 bridgehead atoms. The van der Waals surface area contributed by atoms with Gasteiger partial charge in [0.15, 0.2) is 0 Å². The summed E-state index contributed by atoms with van der Waals surface area (Å²) in [5, 5.41) is 13.2. The van der Waals surface area contributed by atoms with E-state index in [0.29, 0.717) is 38.4 Å². The first-order valence-corrected chi connectivity index (χ1v) is 12.3. The number of halogens is 1. The van der Waals surface area contributed by atoms with Crippen LogP contribution in [-0.2, 0) is 38.6 Å². The smallest absolute Gasteiger partial charge is 0.312 e. The van der Waals surface area contributed by atoms with Crippen LogP contribution < -0.4 is 10.9 Å². The van der Waals surface area contributed by atoms with Gasteiger partial charge in [-0.05, 0) is 24.7 Å². The van der Waals surface area contributed by atoms with Crippen LogP contribution in [0.3, 0.4) is 0 Å². The predicted octanol–water partition coefficient (Wildman–Crippen LogP) is -0.749. The Morgan fingerprint density at radius 1 is 1.16 bits per heavy atom. The number of nitrogens with zero attached hydrogens (tertiary/aromatic N) is 5. The van der Waals surface area contributed by atoms with E-state index < -0.39 is 40.9 Å². The summed E-state index contributed by atoms with van der Waals surface area (Å²) in [7, 11) is 3.29. The number of rotatable bonds is 5. The number of ether oxygens (including phenoxy) is 1. The molecule has 1 aromatic carbocycles. The van der Waals surface area contributed by atoms with E-state index in [0.717, 1.165) is 0 Å². The van der Waals surface area contributed by atoms with Gasteiger partial charge >= 0.3 is 11.8 Å². The summed E-state index contributed by atoms with van der Waals surface area (Å²) >= 11 is 0. The van der Waals surface area contributed by atoms with Crippen LogP contribution in [0.25, 0.3) is 0 Å². The zero-order chi connectivity index (χ0) is 27.4. The Labute approximate surface area is 218 Å². The molecule has 3 amide bonds. The third-order valence-electron chi connectivity index (χ3n) is 6.74. The number of carbonyl (C=O) groups is 3. The highest BCUT2D eigenvalue weighted by atomic mass is 19.1. The normalized spacial score (nSPS) is 17.9. The van der Waals surface area contributed by atoms with Crippen LogP contribution in [0.15, 0.2) is 29.1 Å². The Kier molecular flexibility index (Phi) is 8.37. The summed E-state index contributed by atoms with van der Waals surface area (Å²) in [6.07, 6.45) is -0.386. The summed E-state index contributed by atoms with van der Waals surface area (Å²) in [6, 6.07) is 4.84. The van der Waals surface area contributed by atoms with Gasteiger partial charge in [0.05, 0.1) is 25.3 Å². The van der Waals surface area contributed by atoms with Crippen molar-refractivity contribution in [1.82, 2.24) is 29.6 Å². The van der Waals surface area contributed by atoms with E-state index in [2.05, 4.69) is 10.3 Å². The monoisotopic (exact) mass is 530 g/mol. The number of morpholine rings is 1. The first-order valence-electron chi connectivity index (χ1n) is 12.3. The van der Waals surface area contributed by atoms with Gasteiger partial charge in [-0.1, -0.05) is 12.1 Å². The molecule has 2 aromatic rings. The van der Waals surface area contributed by atoms with Crippen molar-refractivity contribution in [3.05, 3.63) is 57.5 Å². The molecule has 0 spiro atoms. The maximum Gasteiger partial charge on any atom is 0.312 e.